The Morgan fingerprint density at radius 1 is 1.22 bits per heavy atom. The van der Waals surface area contributed by atoms with E-state index in [1.807, 2.05) is 25.1 Å². The zero-order valence-electron chi connectivity index (χ0n) is 11.0. The fraction of sp³-hybridized carbons (Fsp3) is 0.538. The van der Waals surface area contributed by atoms with Crippen LogP contribution in [0, 0.1) is 0 Å². The summed E-state index contributed by atoms with van der Waals surface area (Å²) < 4.78 is 15.7. The van der Waals surface area contributed by atoms with Crippen LogP contribution < -0.4 is 4.65 Å². The topological polar surface area (TPSA) is 47.9 Å². The number of hydrogen-bond donors (Lipinski definition) is 1. The maximum absolute atomic E-state index is 9.47. The standard InChI is InChI=1S/C13H21BO4/c1-3-7-12(2)16-10-11-17-14(15)18-13-8-5-4-6-9-13/h4-6,8-9,12,15H,3,7,10-11H2,1-2H3. The monoisotopic (exact) mass is 252 g/mol. The van der Waals surface area contributed by atoms with Gasteiger partial charge in [-0.05, 0) is 25.5 Å². The van der Waals surface area contributed by atoms with Crippen molar-refractivity contribution >= 4 is 7.32 Å². The molecule has 0 aliphatic heterocycles. The Kier molecular flexibility index (Phi) is 7.49. The van der Waals surface area contributed by atoms with E-state index >= 15 is 0 Å². The van der Waals surface area contributed by atoms with E-state index in [1.165, 1.54) is 0 Å². The quantitative estimate of drug-likeness (QED) is 0.541. The number of para-hydroxylation sites is 1. The molecule has 100 valence electrons. The molecule has 1 aromatic carbocycles. The fourth-order valence-electron chi connectivity index (χ4n) is 1.54. The third-order valence-electron chi connectivity index (χ3n) is 2.42. The first-order chi connectivity index (χ1) is 8.72. The van der Waals surface area contributed by atoms with Crippen LogP contribution in [0.15, 0.2) is 30.3 Å². The fourth-order valence-corrected chi connectivity index (χ4v) is 1.54. The summed E-state index contributed by atoms with van der Waals surface area (Å²) in [7, 11) is -1.25. The second-order valence-electron chi connectivity index (χ2n) is 4.08. The van der Waals surface area contributed by atoms with Gasteiger partial charge in [-0.1, -0.05) is 31.5 Å². The van der Waals surface area contributed by atoms with Crippen LogP contribution in [-0.4, -0.2) is 31.7 Å². The van der Waals surface area contributed by atoms with Crippen LogP contribution in [0.5, 0.6) is 5.75 Å². The first-order valence-electron chi connectivity index (χ1n) is 6.35. The van der Waals surface area contributed by atoms with Gasteiger partial charge >= 0.3 is 7.32 Å². The number of benzene rings is 1. The van der Waals surface area contributed by atoms with Gasteiger partial charge in [-0.15, -0.1) is 0 Å². The molecule has 1 atom stereocenters. The predicted molar refractivity (Wildman–Crippen MR) is 71.3 cm³/mol. The van der Waals surface area contributed by atoms with E-state index in [0.717, 1.165) is 12.8 Å². The Labute approximate surface area is 109 Å². The van der Waals surface area contributed by atoms with Crippen molar-refractivity contribution in [1.29, 1.82) is 0 Å². The Bertz CT molecular complexity index is 307. The SMILES string of the molecule is CCCC(C)OCCOB(O)Oc1ccccc1. The van der Waals surface area contributed by atoms with Crippen molar-refractivity contribution in [3.63, 3.8) is 0 Å². The van der Waals surface area contributed by atoms with Crippen LogP contribution in [0.3, 0.4) is 0 Å². The molecule has 4 nitrogen and oxygen atoms in total. The molecule has 0 aliphatic carbocycles. The molecule has 1 N–H and O–H groups in total. The van der Waals surface area contributed by atoms with Crippen LogP contribution in [-0.2, 0) is 9.39 Å². The highest BCUT2D eigenvalue weighted by Gasteiger charge is 2.17. The largest absolute Gasteiger partial charge is 0.710 e. The van der Waals surface area contributed by atoms with Gasteiger partial charge in [0.05, 0.1) is 19.3 Å². The van der Waals surface area contributed by atoms with Crippen molar-refractivity contribution in [3.05, 3.63) is 30.3 Å². The van der Waals surface area contributed by atoms with Crippen LogP contribution in [0.25, 0.3) is 0 Å². The Balaban J connectivity index is 2.09. The highest BCUT2D eigenvalue weighted by atomic mass is 16.7. The van der Waals surface area contributed by atoms with Gasteiger partial charge in [0.15, 0.2) is 0 Å². The van der Waals surface area contributed by atoms with E-state index in [9.17, 15) is 5.02 Å². The van der Waals surface area contributed by atoms with Gasteiger partial charge in [-0.2, -0.15) is 0 Å². The summed E-state index contributed by atoms with van der Waals surface area (Å²) in [6.45, 7) is 4.91. The third-order valence-corrected chi connectivity index (χ3v) is 2.42. The first kappa shape index (κ1) is 15.0. The Hall–Kier alpha value is -1.04. The van der Waals surface area contributed by atoms with Gasteiger partial charge in [-0.3, -0.25) is 0 Å². The van der Waals surface area contributed by atoms with E-state index in [2.05, 4.69) is 6.92 Å². The summed E-state index contributed by atoms with van der Waals surface area (Å²) in [5, 5.41) is 9.47. The van der Waals surface area contributed by atoms with Crippen LogP contribution in [0.1, 0.15) is 26.7 Å². The Morgan fingerprint density at radius 3 is 2.61 bits per heavy atom. The molecule has 5 heteroatoms. The summed E-state index contributed by atoms with van der Waals surface area (Å²) in [6, 6.07) is 9.05. The minimum absolute atomic E-state index is 0.228. The van der Waals surface area contributed by atoms with Gasteiger partial charge in [0.1, 0.15) is 5.75 Å². The smallest absolute Gasteiger partial charge is 0.512 e. The molecular weight excluding hydrogens is 231 g/mol. The Morgan fingerprint density at radius 2 is 1.94 bits per heavy atom. The molecular formula is C13H21BO4. The maximum atomic E-state index is 9.47. The van der Waals surface area contributed by atoms with Crippen molar-refractivity contribution in [2.45, 2.75) is 32.8 Å². The van der Waals surface area contributed by atoms with E-state index in [-0.39, 0.29) is 6.10 Å². The molecule has 1 unspecified atom stereocenters. The average molecular weight is 252 g/mol. The first-order valence-corrected chi connectivity index (χ1v) is 6.35. The molecule has 0 fully saturated rings. The van der Waals surface area contributed by atoms with Crippen LogP contribution in [0.4, 0.5) is 0 Å². The lowest BCUT2D eigenvalue weighted by Crippen LogP contribution is -2.28. The highest BCUT2D eigenvalue weighted by molar-refractivity contribution is 6.35. The normalized spacial score (nSPS) is 12.2. The van der Waals surface area contributed by atoms with Gasteiger partial charge in [0.25, 0.3) is 0 Å². The highest BCUT2D eigenvalue weighted by Crippen LogP contribution is 2.09. The molecule has 18 heavy (non-hydrogen) atoms. The predicted octanol–water partition coefficient (Wildman–Crippen LogP) is 2.26. The molecule has 0 aromatic heterocycles. The molecule has 0 spiro atoms. The van der Waals surface area contributed by atoms with Crippen molar-refractivity contribution < 1.29 is 19.1 Å². The van der Waals surface area contributed by atoms with Crippen LogP contribution in [0.2, 0.25) is 0 Å². The summed E-state index contributed by atoms with van der Waals surface area (Å²) in [6.07, 6.45) is 2.36. The molecule has 1 rings (SSSR count). The van der Waals surface area contributed by atoms with Gasteiger partial charge in [-0.25, -0.2) is 0 Å². The molecule has 0 saturated carbocycles. The number of hydrogen-bond acceptors (Lipinski definition) is 4. The van der Waals surface area contributed by atoms with Crippen molar-refractivity contribution in [3.8, 4) is 5.75 Å². The molecule has 0 aliphatic rings. The molecule has 0 heterocycles. The zero-order chi connectivity index (χ0) is 13.2. The molecule has 1 aromatic rings. The summed E-state index contributed by atoms with van der Waals surface area (Å²) in [5.41, 5.74) is 0. The minimum atomic E-state index is -1.25. The lowest BCUT2D eigenvalue weighted by atomic mass is 10.2. The molecule has 0 saturated heterocycles. The van der Waals surface area contributed by atoms with Crippen molar-refractivity contribution in [2.75, 3.05) is 13.2 Å². The number of ether oxygens (including phenoxy) is 1. The second kappa shape index (κ2) is 8.97. The molecule has 0 amide bonds. The van der Waals surface area contributed by atoms with Gasteiger partial charge < -0.3 is 19.1 Å². The summed E-state index contributed by atoms with van der Waals surface area (Å²) in [5.74, 6) is 0.574. The zero-order valence-corrected chi connectivity index (χ0v) is 11.0. The van der Waals surface area contributed by atoms with Crippen molar-refractivity contribution in [2.24, 2.45) is 0 Å². The summed E-state index contributed by atoms with van der Waals surface area (Å²) in [4.78, 5) is 0. The van der Waals surface area contributed by atoms with E-state index in [4.69, 9.17) is 14.0 Å². The van der Waals surface area contributed by atoms with Crippen molar-refractivity contribution in [1.82, 2.24) is 0 Å². The second-order valence-corrected chi connectivity index (χ2v) is 4.08. The maximum Gasteiger partial charge on any atom is 0.710 e. The molecule has 0 radical (unpaired) electrons. The van der Waals surface area contributed by atoms with E-state index < -0.39 is 7.32 Å². The number of rotatable bonds is 9. The third kappa shape index (κ3) is 6.64. The lowest BCUT2D eigenvalue weighted by Gasteiger charge is -2.13. The van der Waals surface area contributed by atoms with Gasteiger partial charge in [0, 0.05) is 0 Å². The van der Waals surface area contributed by atoms with E-state index in [1.54, 1.807) is 12.1 Å². The minimum Gasteiger partial charge on any atom is -0.512 e. The van der Waals surface area contributed by atoms with Crippen LogP contribution >= 0.6 is 0 Å². The van der Waals surface area contributed by atoms with Gasteiger partial charge in [0.2, 0.25) is 0 Å². The summed E-state index contributed by atoms with van der Waals surface area (Å²) >= 11 is 0. The van der Waals surface area contributed by atoms with E-state index in [0.29, 0.717) is 19.0 Å². The average Bonchev–Trinajstić information content (AvgIpc) is 2.36. The lowest BCUT2D eigenvalue weighted by molar-refractivity contribution is 0.0302. The molecule has 0 bridgehead atoms.